The molecule has 0 fully saturated rings. The highest BCUT2D eigenvalue weighted by molar-refractivity contribution is 5.28. The molecular weight excluding hydrogens is 344 g/mol. The first-order valence-electron chi connectivity index (χ1n) is 9.15. The molecule has 7 nitrogen and oxygen atoms in total. The van der Waals surface area contributed by atoms with Gasteiger partial charge in [0.15, 0.2) is 0 Å². The molecule has 0 aliphatic carbocycles. The Bertz CT molecular complexity index is 846. The summed E-state index contributed by atoms with van der Waals surface area (Å²) in [5, 5.41) is 9.87. The molecule has 27 heavy (non-hydrogen) atoms. The van der Waals surface area contributed by atoms with E-state index in [9.17, 15) is 9.90 Å². The predicted molar refractivity (Wildman–Crippen MR) is 104 cm³/mol. The summed E-state index contributed by atoms with van der Waals surface area (Å²) in [5.74, 6) is 1.49. The summed E-state index contributed by atoms with van der Waals surface area (Å²) in [6.45, 7) is 4.78. The van der Waals surface area contributed by atoms with Gasteiger partial charge in [-0.05, 0) is 38.7 Å². The molecule has 1 aliphatic rings. The van der Waals surface area contributed by atoms with Crippen LogP contribution < -0.4 is 10.3 Å². The van der Waals surface area contributed by atoms with Gasteiger partial charge in [0.25, 0.3) is 5.56 Å². The maximum Gasteiger partial charge on any atom is 0.258 e. The number of aromatic nitrogens is 2. The standard InChI is InChI=1S/C20H28N4O3/c1-14-21-19-12-24(11-18(19)20(26)23(14)4)9-15-5-7-17(8-6-15)27-13-16(25)10-22(2)3/h5-8,16,25H,9-13H2,1-4H3/t16-/m0/s1. The van der Waals surface area contributed by atoms with Gasteiger partial charge < -0.3 is 14.7 Å². The van der Waals surface area contributed by atoms with Gasteiger partial charge in [-0.2, -0.15) is 0 Å². The number of nitrogens with zero attached hydrogens (tertiary/aromatic N) is 4. The van der Waals surface area contributed by atoms with Gasteiger partial charge in [0.1, 0.15) is 24.3 Å². The van der Waals surface area contributed by atoms with E-state index < -0.39 is 6.10 Å². The molecular formula is C20H28N4O3. The highest BCUT2D eigenvalue weighted by atomic mass is 16.5. The number of aliphatic hydroxyl groups is 1. The van der Waals surface area contributed by atoms with Crippen molar-refractivity contribution in [1.29, 1.82) is 0 Å². The van der Waals surface area contributed by atoms with E-state index in [4.69, 9.17) is 4.74 Å². The number of fused-ring (bicyclic) bond motifs is 1. The van der Waals surface area contributed by atoms with E-state index in [1.807, 2.05) is 50.2 Å². The molecule has 1 N–H and O–H groups in total. The third kappa shape index (κ3) is 4.74. The number of aliphatic hydroxyl groups excluding tert-OH is 1. The lowest BCUT2D eigenvalue weighted by Gasteiger charge is -2.17. The lowest BCUT2D eigenvalue weighted by Crippen LogP contribution is -2.30. The van der Waals surface area contributed by atoms with E-state index in [0.717, 1.165) is 34.9 Å². The van der Waals surface area contributed by atoms with Gasteiger partial charge >= 0.3 is 0 Å². The van der Waals surface area contributed by atoms with Crippen LogP contribution in [0.1, 0.15) is 22.6 Å². The van der Waals surface area contributed by atoms with Crippen molar-refractivity contribution in [1.82, 2.24) is 19.4 Å². The van der Waals surface area contributed by atoms with Gasteiger partial charge in [0, 0.05) is 33.2 Å². The minimum absolute atomic E-state index is 0.0556. The van der Waals surface area contributed by atoms with Crippen LogP contribution in [-0.2, 0) is 26.7 Å². The molecule has 0 saturated carbocycles. The van der Waals surface area contributed by atoms with Crippen LogP contribution in [0.4, 0.5) is 0 Å². The molecule has 0 spiro atoms. The average Bonchev–Trinajstić information content (AvgIpc) is 3.01. The summed E-state index contributed by atoms with van der Waals surface area (Å²) in [4.78, 5) is 21.1. The first-order valence-corrected chi connectivity index (χ1v) is 9.15. The molecule has 0 unspecified atom stereocenters. The second-order valence-corrected chi connectivity index (χ2v) is 7.46. The van der Waals surface area contributed by atoms with E-state index in [0.29, 0.717) is 19.6 Å². The molecule has 1 aromatic carbocycles. The number of hydrogen-bond donors (Lipinski definition) is 1. The van der Waals surface area contributed by atoms with Crippen LogP contribution in [0.5, 0.6) is 5.75 Å². The van der Waals surface area contributed by atoms with Gasteiger partial charge in [0.05, 0.1) is 11.3 Å². The van der Waals surface area contributed by atoms with Gasteiger partial charge in [-0.1, -0.05) is 12.1 Å². The fraction of sp³-hybridized carbons (Fsp3) is 0.500. The van der Waals surface area contributed by atoms with Crippen molar-refractivity contribution in [3.8, 4) is 5.75 Å². The smallest absolute Gasteiger partial charge is 0.258 e. The number of likely N-dealkylation sites (N-methyl/N-ethyl adjacent to an activating group) is 1. The molecule has 1 atom stereocenters. The summed E-state index contributed by atoms with van der Waals surface area (Å²) in [6.07, 6.45) is -0.513. The first-order chi connectivity index (χ1) is 12.8. The van der Waals surface area contributed by atoms with Gasteiger partial charge in [-0.25, -0.2) is 4.98 Å². The Kier molecular flexibility index (Phi) is 5.94. The van der Waals surface area contributed by atoms with E-state index in [1.165, 1.54) is 0 Å². The Morgan fingerprint density at radius 2 is 1.96 bits per heavy atom. The van der Waals surface area contributed by atoms with Gasteiger partial charge in [-0.15, -0.1) is 0 Å². The number of aryl methyl sites for hydroxylation is 1. The average molecular weight is 372 g/mol. The fourth-order valence-corrected chi connectivity index (χ4v) is 3.32. The molecule has 2 aromatic rings. The Morgan fingerprint density at radius 1 is 1.26 bits per heavy atom. The molecule has 3 rings (SSSR count). The summed E-state index contributed by atoms with van der Waals surface area (Å²) in [7, 11) is 5.60. The van der Waals surface area contributed by atoms with Crippen molar-refractivity contribution in [3.63, 3.8) is 0 Å². The topological polar surface area (TPSA) is 70.8 Å². The van der Waals surface area contributed by atoms with Crippen molar-refractivity contribution in [2.24, 2.45) is 7.05 Å². The largest absolute Gasteiger partial charge is 0.491 e. The Labute approximate surface area is 159 Å². The second kappa shape index (κ2) is 8.21. The van der Waals surface area contributed by atoms with E-state index in [-0.39, 0.29) is 12.2 Å². The Hall–Kier alpha value is -2.22. The van der Waals surface area contributed by atoms with E-state index in [2.05, 4.69) is 9.88 Å². The van der Waals surface area contributed by atoms with Crippen molar-refractivity contribution < 1.29 is 9.84 Å². The number of ether oxygens (including phenoxy) is 1. The number of rotatable bonds is 7. The first kappa shape index (κ1) is 19.5. The number of benzene rings is 1. The third-order valence-electron chi connectivity index (χ3n) is 4.80. The minimum atomic E-state index is -0.513. The van der Waals surface area contributed by atoms with Crippen molar-refractivity contribution in [2.45, 2.75) is 32.7 Å². The second-order valence-electron chi connectivity index (χ2n) is 7.46. The SMILES string of the molecule is Cc1nc2c(c(=O)n1C)CN(Cc1ccc(OC[C@@H](O)CN(C)C)cc1)C2. The van der Waals surface area contributed by atoms with Crippen LogP contribution in [0.3, 0.4) is 0 Å². The van der Waals surface area contributed by atoms with Crippen molar-refractivity contribution >= 4 is 0 Å². The van der Waals surface area contributed by atoms with Crippen LogP contribution in [-0.4, -0.2) is 57.8 Å². The quantitative estimate of drug-likeness (QED) is 0.779. The predicted octanol–water partition coefficient (Wildman–Crippen LogP) is 0.906. The highest BCUT2D eigenvalue weighted by Crippen LogP contribution is 2.21. The molecule has 0 bridgehead atoms. The molecule has 7 heteroatoms. The zero-order chi connectivity index (χ0) is 19.6. The Balaban J connectivity index is 1.56. The molecule has 1 aliphatic heterocycles. The zero-order valence-corrected chi connectivity index (χ0v) is 16.5. The molecule has 2 heterocycles. The molecule has 0 radical (unpaired) electrons. The highest BCUT2D eigenvalue weighted by Gasteiger charge is 2.24. The van der Waals surface area contributed by atoms with Crippen LogP contribution >= 0.6 is 0 Å². The van der Waals surface area contributed by atoms with Gasteiger partial charge in [0.2, 0.25) is 0 Å². The maximum absolute atomic E-state index is 12.4. The van der Waals surface area contributed by atoms with Crippen LogP contribution in [0.25, 0.3) is 0 Å². The molecule has 0 saturated heterocycles. The fourth-order valence-electron chi connectivity index (χ4n) is 3.32. The summed E-state index contributed by atoms with van der Waals surface area (Å²) in [5.41, 5.74) is 2.90. The van der Waals surface area contributed by atoms with Crippen LogP contribution in [0, 0.1) is 6.92 Å². The summed E-state index contributed by atoms with van der Waals surface area (Å²) in [6, 6.07) is 7.88. The lowest BCUT2D eigenvalue weighted by molar-refractivity contribution is 0.0831. The van der Waals surface area contributed by atoms with E-state index >= 15 is 0 Å². The molecule has 1 aromatic heterocycles. The summed E-state index contributed by atoms with van der Waals surface area (Å²) >= 11 is 0. The maximum atomic E-state index is 12.4. The van der Waals surface area contributed by atoms with E-state index in [1.54, 1.807) is 11.6 Å². The number of hydrogen-bond acceptors (Lipinski definition) is 6. The van der Waals surface area contributed by atoms with Crippen LogP contribution in [0.15, 0.2) is 29.1 Å². The lowest BCUT2D eigenvalue weighted by atomic mass is 10.2. The zero-order valence-electron chi connectivity index (χ0n) is 16.5. The van der Waals surface area contributed by atoms with Crippen molar-refractivity contribution in [2.75, 3.05) is 27.2 Å². The summed E-state index contributed by atoms with van der Waals surface area (Å²) < 4.78 is 7.25. The Morgan fingerprint density at radius 3 is 2.63 bits per heavy atom. The normalized spacial score (nSPS) is 15.2. The minimum Gasteiger partial charge on any atom is -0.491 e. The molecule has 0 amide bonds. The monoisotopic (exact) mass is 372 g/mol. The van der Waals surface area contributed by atoms with Gasteiger partial charge in [-0.3, -0.25) is 14.3 Å². The third-order valence-corrected chi connectivity index (χ3v) is 4.80. The van der Waals surface area contributed by atoms with Crippen molar-refractivity contribution in [3.05, 3.63) is 57.3 Å². The van der Waals surface area contributed by atoms with Crippen LogP contribution in [0.2, 0.25) is 0 Å². The molecule has 146 valence electrons.